The van der Waals surface area contributed by atoms with Gasteiger partial charge < -0.3 is 9.84 Å². The van der Waals surface area contributed by atoms with Gasteiger partial charge in [-0.15, -0.1) is 0 Å². The summed E-state index contributed by atoms with van der Waals surface area (Å²) in [6, 6.07) is 6.45. The number of esters is 1. The van der Waals surface area contributed by atoms with Crippen molar-refractivity contribution in [3.05, 3.63) is 36.2 Å². The number of ketones is 1. The van der Waals surface area contributed by atoms with Crippen LogP contribution in [0.1, 0.15) is 23.8 Å². The molecule has 0 bridgehead atoms. The van der Waals surface area contributed by atoms with E-state index in [1.165, 1.54) is 12.3 Å². The zero-order valence-electron chi connectivity index (χ0n) is 10.4. The molecule has 0 atom stereocenters. The Balaban J connectivity index is 2.37. The van der Waals surface area contributed by atoms with E-state index >= 15 is 0 Å². The molecule has 0 saturated carbocycles. The molecule has 1 heterocycles. The highest BCUT2D eigenvalue weighted by Crippen LogP contribution is 2.26. The first-order valence-corrected chi connectivity index (χ1v) is 5.89. The smallest absolute Gasteiger partial charge is 0.313 e. The summed E-state index contributed by atoms with van der Waals surface area (Å²) in [5.41, 5.74) is 0.168. The number of benzene rings is 1. The van der Waals surface area contributed by atoms with Crippen LogP contribution >= 0.6 is 0 Å². The molecule has 0 saturated heterocycles. The summed E-state index contributed by atoms with van der Waals surface area (Å²) >= 11 is 0. The Kier molecular flexibility index (Phi) is 3.75. The molecule has 98 valence electrons. The molecule has 0 radical (unpaired) electrons. The Morgan fingerprint density at radius 3 is 2.79 bits per heavy atom. The maximum atomic E-state index is 12.0. The third-order valence-electron chi connectivity index (χ3n) is 2.66. The topological polar surface area (TPSA) is 76.5 Å². The van der Waals surface area contributed by atoms with Crippen molar-refractivity contribution in [1.29, 1.82) is 0 Å². The van der Waals surface area contributed by atoms with Crippen molar-refractivity contribution in [2.24, 2.45) is 0 Å². The summed E-state index contributed by atoms with van der Waals surface area (Å²) in [5, 5.41) is 10.8. The zero-order valence-corrected chi connectivity index (χ0v) is 10.4. The summed E-state index contributed by atoms with van der Waals surface area (Å²) in [4.78, 5) is 27.3. The molecule has 1 aromatic carbocycles. The van der Waals surface area contributed by atoms with Crippen LogP contribution in [0.3, 0.4) is 0 Å². The summed E-state index contributed by atoms with van der Waals surface area (Å²) in [6.45, 7) is 1.91. The van der Waals surface area contributed by atoms with Gasteiger partial charge in [0.1, 0.15) is 17.9 Å². The molecule has 0 aliphatic carbocycles. The van der Waals surface area contributed by atoms with E-state index in [1.807, 2.05) is 0 Å². The standard InChI is InChI=1S/C14H13NO4/c1-2-19-13(18)8-12(17)14-10-4-3-5-11(16)9(10)6-7-15-14/h3-7,16H,2,8H2,1H3. The Bertz CT molecular complexity index is 636. The molecule has 5 heteroatoms. The number of rotatable bonds is 4. The van der Waals surface area contributed by atoms with Gasteiger partial charge in [0.15, 0.2) is 5.78 Å². The first kappa shape index (κ1) is 13.0. The van der Waals surface area contributed by atoms with Crippen LogP contribution in [-0.2, 0) is 9.53 Å². The number of carbonyl (C=O) groups is 2. The predicted molar refractivity (Wildman–Crippen MR) is 69.0 cm³/mol. The van der Waals surface area contributed by atoms with Crippen molar-refractivity contribution in [1.82, 2.24) is 4.98 Å². The van der Waals surface area contributed by atoms with Gasteiger partial charge in [-0.3, -0.25) is 14.6 Å². The molecule has 1 N–H and O–H groups in total. The fraction of sp³-hybridized carbons (Fsp3) is 0.214. The fourth-order valence-electron chi connectivity index (χ4n) is 1.84. The van der Waals surface area contributed by atoms with Gasteiger partial charge in [0.2, 0.25) is 0 Å². The fourth-order valence-corrected chi connectivity index (χ4v) is 1.84. The van der Waals surface area contributed by atoms with Crippen molar-refractivity contribution in [3.8, 4) is 5.75 Å². The molecule has 1 aromatic heterocycles. The molecule has 2 rings (SSSR count). The number of carbonyl (C=O) groups excluding carboxylic acids is 2. The van der Waals surface area contributed by atoms with Crippen LogP contribution in [0.5, 0.6) is 5.75 Å². The van der Waals surface area contributed by atoms with Crippen LogP contribution in [0.4, 0.5) is 0 Å². The lowest BCUT2D eigenvalue weighted by molar-refractivity contribution is -0.141. The molecule has 19 heavy (non-hydrogen) atoms. The van der Waals surface area contributed by atoms with Gasteiger partial charge in [0.25, 0.3) is 0 Å². The van der Waals surface area contributed by atoms with Crippen LogP contribution in [0.15, 0.2) is 30.5 Å². The van der Waals surface area contributed by atoms with E-state index in [4.69, 9.17) is 4.74 Å². The van der Waals surface area contributed by atoms with E-state index in [9.17, 15) is 14.7 Å². The van der Waals surface area contributed by atoms with Gasteiger partial charge in [-0.1, -0.05) is 12.1 Å². The first-order chi connectivity index (χ1) is 9.13. The van der Waals surface area contributed by atoms with Crippen molar-refractivity contribution in [3.63, 3.8) is 0 Å². The van der Waals surface area contributed by atoms with Gasteiger partial charge in [0.05, 0.1) is 6.61 Å². The molecular weight excluding hydrogens is 246 g/mol. The highest BCUT2D eigenvalue weighted by atomic mass is 16.5. The second-order valence-electron chi connectivity index (χ2n) is 3.94. The molecule has 0 amide bonds. The van der Waals surface area contributed by atoms with E-state index in [-0.39, 0.29) is 24.5 Å². The van der Waals surface area contributed by atoms with Crippen LogP contribution in [0.2, 0.25) is 0 Å². The summed E-state index contributed by atoms with van der Waals surface area (Å²) < 4.78 is 4.73. The number of hydrogen-bond acceptors (Lipinski definition) is 5. The second-order valence-corrected chi connectivity index (χ2v) is 3.94. The third kappa shape index (κ3) is 2.70. The maximum absolute atomic E-state index is 12.0. The average molecular weight is 259 g/mol. The number of phenolic OH excluding ortho intramolecular Hbond substituents is 1. The molecule has 0 aliphatic heterocycles. The third-order valence-corrected chi connectivity index (χ3v) is 2.66. The number of Topliss-reactive ketones (excluding diaryl/α,β-unsaturated/α-hetero) is 1. The number of pyridine rings is 1. The summed E-state index contributed by atoms with van der Waals surface area (Å²) in [6.07, 6.45) is 1.08. The Morgan fingerprint density at radius 1 is 1.26 bits per heavy atom. The normalized spacial score (nSPS) is 10.4. The van der Waals surface area contributed by atoms with Gasteiger partial charge in [-0.05, 0) is 19.1 Å². The van der Waals surface area contributed by atoms with Gasteiger partial charge in [-0.2, -0.15) is 0 Å². The zero-order chi connectivity index (χ0) is 13.8. The van der Waals surface area contributed by atoms with Crippen LogP contribution in [0, 0.1) is 0 Å². The van der Waals surface area contributed by atoms with E-state index in [2.05, 4.69) is 4.98 Å². The van der Waals surface area contributed by atoms with Gasteiger partial charge in [0, 0.05) is 17.0 Å². The quantitative estimate of drug-likeness (QED) is 0.516. The molecule has 2 aromatic rings. The van der Waals surface area contributed by atoms with Crippen molar-refractivity contribution in [2.75, 3.05) is 6.61 Å². The highest BCUT2D eigenvalue weighted by Gasteiger charge is 2.17. The summed E-state index contributed by atoms with van der Waals surface area (Å²) in [5.74, 6) is -0.925. The second kappa shape index (κ2) is 5.48. The number of aromatic hydroxyl groups is 1. The van der Waals surface area contributed by atoms with Crippen molar-refractivity contribution in [2.45, 2.75) is 13.3 Å². The van der Waals surface area contributed by atoms with Gasteiger partial charge >= 0.3 is 5.97 Å². The largest absolute Gasteiger partial charge is 0.507 e. The van der Waals surface area contributed by atoms with Gasteiger partial charge in [-0.25, -0.2) is 0 Å². The lowest BCUT2D eigenvalue weighted by atomic mass is 10.1. The van der Waals surface area contributed by atoms with E-state index in [0.717, 1.165) is 0 Å². The molecule has 0 spiro atoms. The van der Waals surface area contributed by atoms with Crippen LogP contribution < -0.4 is 0 Å². The van der Waals surface area contributed by atoms with Crippen molar-refractivity contribution >= 4 is 22.5 Å². The Hall–Kier alpha value is -2.43. The molecule has 0 fully saturated rings. The average Bonchev–Trinajstić information content (AvgIpc) is 2.38. The minimum absolute atomic E-state index is 0.0742. The van der Waals surface area contributed by atoms with Crippen LogP contribution in [0.25, 0.3) is 10.8 Å². The lowest BCUT2D eigenvalue weighted by Crippen LogP contribution is -2.12. The number of nitrogens with zero attached hydrogens (tertiary/aromatic N) is 1. The molecule has 0 unspecified atom stereocenters. The maximum Gasteiger partial charge on any atom is 0.313 e. The molecule has 0 aliphatic rings. The predicted octanol–water partition coefficient (Wildman–Crippen LogP) is 2.08. The molecular formula is C14H13NO4. The SMILES string of the molecule is CCOC(=O)CC(=O)c1nccc2c(O)cccc12. The Labute approximate surface area is 109 Å². The number of hydrogen-bond donors (Lipinski definition) is 1. The van der Waals surface area contributed by atoms with Crippen molar-refractivity contribution < 1.29 is 19.4 Å². The van der Waals surface area contributed by atoms with E-state index in [1.54, 1.807) is 25.1 Å². The Morgan fingerprint density at radius 2 is 2.05 bits per heavy atom. The number of fused-ring (bicyclic) bond motifs is 1. The number of ether oxygens (including phenoxy) is 1. The monoisotopic (exact) mass is 259 g/mol. The minimum atomic E-state index is -0.577. The lowest BCUT2D eigenvalue weighted by Gasteiger charge is -2.06. The van der Waals surface area contributed by atoms with Crippen LogP contribution in [-0.4, -0.2) is 28.4 Å². The van der Waals surface area contributed by atoms with E-state index in [0.29, 0.717) is 10.8 Å². The van der Waals surface area contributed by atoms with E-state index < -0.39 is 11.8 Å². The number of phenols is 1. The first-order valence-electron chi connectivity index (χ1n) is 5.89. The number of aromatic nitrogens is 1. The highest BCUT2D eigenvalue weighted by molar-refractivity contribution is 6.12. The molecule has 5 nitrogen and oxygen atoms in total. The summed E-state index contributed by atoms with van der Waals surface area (Å²) in [7, 11) is 0. The minimum Gasteiger partial charge on any atom is -0.507 e.